The van der Waals surface area contributed by atoms with E-state index >= 15 is 0 Å². The molecular weight excluding hydrogens is 416 g/mol. The number of aromatic nitrogens is 1. The van der Waals surface area contributed by atoms with E-state index in [2.05, 4.69) is 11.2 Å². The second-order valence-electron chi connectivity index (χ2n) is 8.46. The molecule has 0 radical (unpaired) electrons. The lowest BCUT2D eigenvalue weighted by Crippen LogP contribution is -2.18. The summed E-state index contributed by atoms with van der Waals surface area (Å²) in [6.07, 6.45) is 2.30. The number of aryl methyl sites for hydroxylation is 2. The van der Waals surface area contributed by atoms with Crippen molar-refractivity contribution in [3.63, 3.8) is 0 Å². The molecule has 0 aliphatic rings. The third kappa shape index (κ3) is 6.05. The van der Waals surface area contributed by atoms with Gasteiger partial charge in [0.25, 0.3) is 0 Å². The summed E-state index contributed by atoms with van der Waals surface area (Å²) in [7, 11) is 1.66. The molecule has 1 unspecified atom stereocenters. The van der Waals surface area contributed by atoms with Crippen molar-refractivity contribution in [3.8, 4) is 0 Å². The molecule has 0 saturated heterocycles. The summed E-state index contributed by atoms with van der Waals surface area (Å²) in [5.74, 6) is -0.117. The molecule has 2 aromatic carbocycles. The quantitative estimate of drug-likeness (QED) is 0.220. The van der Waals surface area contributed by atoms with Gasteiger partial charge in [-0.2, -0.15) is 0 Å². The van der Waals surface area contributed by atoms with Gasteiger partial charge in [0, 0.05) is 49.2 Å². The maximum absolute atomic E-state index is 12.4. The lowest BCUT2D eigenvalue weighted by molar-refractivity contribution is 0.0949. The van der Waals surface area contributed by atoms with Crippen LogP contribution in [0.5, 0.6) is 0 Å². The summed E-state index contributed by atoms with van der Waals surface area (Å²) in [6, 6.07) is 18.7. The van der Waals surface area contributed by atoms with Crippen molar-refractivity contribution in [3.05, 3.63) is 105 Å². The van der Waals surface area contributed by atoms with Crippen molar-refractivity contribution in [1.82, 2.24) is 4.57 Å². The molecule has 1 aromatic heterocycles. The Balaban J connectivity index is 1.95. The molecule has 2 N–H and O–H groups in total. The lowest BCUT2D eigenvalue weighted by Gasteiger charge is -2.21. The van der Waals surface area contributed by atoms with E-state index < -0.39 is 6.10 Å². The molecule has 6 heteroatoms. The topological polar surface area (TPSA) is 91.9 Å². The highest BCUT2D eigenvalue weighted by Crippen LogP contribution is 2.32. The highest BCUT2D eigenvalue weighted by Gasteiger charge is 2.21. The van der Waals surface area contributed by atoms with Gasteiger partial charge in [-0.3, -0.25) is 9.59 Å². The van der Waals surface area contributed by atoms with Crippen LogP contribution in [-0.4, -0.2) is 32.5 Å². The number of carbonyl (C=O) groups is 1. The van der Waals surface area contributed by atoms with E-state index in [0.717, 1.165) is 16.7 Å². The van der Waals surface area contributed by atoms with E-state index in [1.165, 1.54) is 10.6 Å². The molecule has 3 aromatic rings. The van der Waals surface area contributed by atoms with Crippen molar-refractivity contribution in [2.24, 2.45) is 12.2 Å². The van der Waals surface area contributed by atoms with Crippen LogP contribution in [0.15, 0.2) is 76.8 Å². The Kier molecular flexibility index (Phi) is 7.96. The molecule has 0 amide bonds. The number of rotatable bonds is 9. The molecule has 0 bridgehead atoms. The van der Waals surface area contributed by atoms with Crippen molar-refractivity contribution >= 4 is 11.5 Å². The minimum absolute atomic E-state index is 0.00213. The third-order valence-electron chi connectivity index (χ3n) is 5.93. The largest absolute Gasteiger partial charge is 0.411 e. The van der Waals surface area contributed by atoms with Crippen LogP contribution in [0.2, 0.25) is 0 Å². The average molecular weight is 447 g/mol. The van der Waals surface area contributed by atoms with Crippen LogP contribution in [0.4, 0.5) is 0 Å². The molecule has 172 valence electrons. The average Bonchev–Trinajstić information content (AvgIpc) is 2.81. The van der Waals surface area contributed by atoms with Gasteiger partial charge in [0.15, 0.2) is 5.78 Å². The van der Waals surface area contributed by atoms with Crippen molar-refractivity contribution in [2.75, 3.05) is 0 Å². The summed E-state index contributed by atoms with van der Waals surface area (Å²) in [5, 5.41) is 22.8. The number of carbonyl (C=O) groups excluding carboxylic acids is 1. The number of hydrogen-bond donors (Lipinski definition) is 2. The van der Waals surface area contributed by atoms with Gasteiger partial charge in [-0.15, -0.1) is 0 Å². The van der Waals surface area contributed by atoms with Gasteiger partial charge in [-0.05, 0) is 43.0 Å². The van der Waals surface area contributed by atoms with Gasteiger partial charge in [0.1, 0.15) is 0 Å². The number of hydrogen-bond acceptors (Lipinski definition) is 5. The van der Waals surface area contributed by atoms with Gasteiger partial charge in [-0.25, -0.2) is 0 Å². The Labute approximate surface area is 193 Å². The first-order chi connectivity index (χ1) is 15.8. The molecule has 0 fully saturated rings. The fraction of sp³-hybridized carbons (Fsp3) is 0.296. The van der Waals surface area contributed by atoms with Gasteiger partial charge in [0.05, 0.1) is 11.8 Å². The van der Waals surface area contributed by atoms with Crippen LogP contribution >= 0.6 is 0 Å². The lowest BCUT2D eigenvalue weighted by atomic mass is 9.83. The predicted octanol–water partition coefficient (Wildman–Crippen LogP) is 4.44. The van der Waals surface area contributed by atoms with E-state index in [0.29, 0.717) is 36.1 Å². The molecular formula is C27H30N2O4. The normalized spacial score (nSPS) is 13.5. The highest BCUT2D eigenvalue weighted by molar-refractivity contribution is 6.00. The van der Waals surface area contributed by atoms with Crippen molar-refractivity contribution < 1.29 is 15.1 Å². The number of oxime groups is 1. The SMILES string of the molecule is Cc1ccccc1C(C/C(=N\O)c1ccc(=O)n(C)c1)c1ccc(C(=O)CC[C@@H](C)O)cc1. The van der Waals surface area contributed by atoms with E-state index in [9.17, 15) is 19.9 Å². The van der Waals surface area contributed by atoms with Crippen LogP contribution < -0.4 is 5.56 Å². The first kappa shape index (κ1) is 24.1. The van der Waals surface area contributed by atoms with Gasteiger partial charge >= 0.3 is 0 Å². The number of Topliss-reactive ketones (excluding diaryl/α,β-unsaturated/α-hetero) is 1. The van der Waals surface area contributed by atoms with Crippen molar-refractivity contribution in [1.29, 1.82) is 0 Å². The molecule has 0 spiro atoms. The van der Waals surface area contributed by atoms with Crippen LogP contribution in [0, 0.1) is 6.92 Å². The molecule has 0 aliphatic carbocycles. The summed E-state index contributed by atoms with van der Waals surface area (Å²) in [5.41, 5.74) is 4.80. The standard InChI is InChI=1S/C27H30N2O4/c1-18-6-4-5-7-23(18)24(16-25(28-33)22-13-15-27(32)29(3)17-22)20-9-11-21(12-10-20)26(31)14-8-19(2)30/h4-7,9-13,15,17,19,24,30,33H,8,14,16H2,1-3H3/b28-25+/t19-,24?/m1/s1. The number of pyridine rings is 1. The minimum atomic E-state index is -0.507. The number of aliphatic hydroxyl groups is 1. The molecule has 0 aliphatic heterocycles. The smallest absolute Gasteiger partial charge is 0.250 e. The van der Waals surface area contributed by atoms with Gasteiger partial charge < -0.3 is 14.9 Å². The predicted molar refractivity (Wildman–Crippen MR) is 129 cm³/mol. The van der Waals surface area contributed by atoms with Crippen LogP contribution in [0.1, 0.15) is 64.7 Å². The zero-order valence-corrected chi connectivity index (χ0v) is 19.2. The van der Waals surface area contributed by atoms with E-state index in [1.807, 2.05) is 49.4 Å². The fourth-order valence-corrected chi connectivity index (χ4v) is 3.95. The minimum Gasteiger partial charge on any atom is -0.411 e. The molecule has 33 heavy (non-hydrogen) atoms. The summed E-state index contributed by atoms with van der Waals surface area (Å²) < 4.78 is 1.46. The first-order valence-corrected chi connectivity index (χ1v) is 11.0. The summed E-state index contributed by atoms with van der Waals surface area (Å²) in [4.78, 5) is 24.2. The Morgan fingerprint density at radius 2 is 1.70 bits per heavy atom. The van der Waals surface area contributed by atoms with E-state index in [1.54, 1.807) is 26.2 Å². The molecule has 1 heterocycles. The maximum atomic E-state index is 12.4. The van der Waals surface area contributed by atoms with Gasteiger partial charge in [-0.1, -0.05) is 53.7 Å². The van der Waals surface area contributed by atoms with Crippen LogP contribution in [0.25, 0.3) is 0 Å². The van der Waals surface area contributed by atoms with E-state index in [-0.39, 0.29) is 17.3 Å². The van der Waals surface area contributed by atoms with Gasteiger partial charge in [0.2, 0.25) is 5.56 Å². The molecule has 2 atom stereocenters. The fourth-order valence-electron chi connectivity index (χ4n) is 3.95. The molecule has 3 rings (SSSR count). The number of ketones is 1. The number of aliphatic hydroxyl groups excluding tert-OH is 1. The zero-order valence-electron chi connectivity index (χ0n) is 19.2. The van der Waals surface area contributed by atoms with Crippen LogP contribution in [-0.2, 0) is 7.05 Å². The Morgan fingerprint density at radius 3 is 2.30 bits per heavy atom. The molecule has 6 nitrogen and oxygen atoms in total. The monoisotopic (exact) mass is 446 g/mol. The van der Waals surface area contributed by atoms with Crippen molar-refractivity contribution in [2.45, 2.75) is 45.1 Å². The third-order valence-corrected chi connectivity index (χ3v) is 5.93. The second-order valence-corrected chi connectivity index (χ2v) is 8.46. The number of benzene rings is 2. The first-order valence-electron chi connectivity index (χ1n) is 11.0. The summed E-state index contributed by atoms with van der Waals surface area (Å²) in [6.45, 7) is 3.71. The summed E-state index contributed by atoms with van der Waals surface area (Å²) >= 11 is 0. The van der Waals surface area contributed by atoms with Crippen LogP contribution in [0.3, 0.4) is 0 Å². The molecule has 0 saturated carbocycles. The number of nitrogens with zero attached hydrogens (tertiary/aromatic N) is 2. The second kappa shape index (κ2) is 10.9. The Hall–Kier alpha value is -3.51. The zero-order chi connectivity index (χ0) is 24.0. The van der Waals surface area contributed by atoms with E-state index in [4.69, 9.17) is 0 Å². The maximum Gasteiger partial charge on any atom is 0.250 e. The Morgan fingerprint density at radius 1 is 1.03 bits per heavy atom. The Bertz CT molecular complexity index is 1190. The highest BCUT2D eigenvalue weighted by atomic mass is 16.4.